The summed E-state index contributed by atoms with van der Waals surface area (Å²) in [5.74, 6) is 0. The Morgan fingerprint density at radius 2 is 1.00 bits per heavy atom. The van der Waals surface area contributed by atoms with Crippen molar-refractivity contribution in [2.24, 2.45) is 0 Å². The van der Waals surface area contributed by atoms with Gasteiger partial charge in [-0.3, -0.25) is 0 Å². The van der Waals surface area contributed by atoms with Crippen molar-refractivity contribution >= 4 is 48.3 Å². The van der Waals surface area contributed by atoms with Gasteiger partial charge in [0.25, 0.3) is 0 Å². The summed E-state index contributed by atoms with van der Waals surface area (Å²) >= 11 is -2.39. The molecule has 0 radical (unpaired) electrons. The molecule has 0 aliphatic carbocycles. The van der Waals surface area contributed by atoms with Crippen LogP contribution in [0, 0.1) is 0 Å². The standard InChI is InChI=1S/Ge3H6O3/c1-4-2-6-3-5-1/h1-3H2. The summed E-state index contributed by atoms with van der Waals surface area (Å²) in [7, 11) is 0. The van der Waals surface area contributed by atoms with Gasteiger partial charge in [-0.05, 0) is 0 Å². The second-order valence-electron chi connectivity index (χ2n) is 0.966. The predicted molar refractivity (Wildman–Crippen MR) is 28.9 cm³/mol. The molecule has 1 aliphatic heterocycles. The van der Waals surface area contributed by atoms with E-state index in [2.05, 4.69) is 0 Å². The first-order valence-corrected chi connectivity index (χ1v) is 9.00. The van der Waals surface area contributed by atoms with Crippen molar-refractivity contribution in [2.45, 2.75) is 0 Å². The van der Waals surface area contributed by atoms with E-state index in [4.69, 9.17) is 8.37 Å². The fourth-order valence-electron chi connectivity index (χ4n) is 0.279. The molecule has 36 valence electrons. The number of rotatable bonds is 0. The van der Waals surface area contributed by atoms with Gasteiger partial charge in [-0.2, -0.15) is 0 Å². The number of hydrogen-bond acceptors (Lipinski definition) is 3. The summed E-state index contributed by atoms with van der Waals surface area (Å²) in [4.78, 5) is 0. The molecule has 0 aromatic rings. The Labute approximate surface area is 56.6 Å². The Balaban J connectivity index is 2.00. The van der Waals surface area contributed by atoms with E-state index in [-0.39, 0.29) is 0 Å². The molecular formula is H6Ge3O3. The van der Waals surface area contributed by atoms with E-state index in [1.54, 1.807) is 0 Å². The van der Waals surface area contributed by atoms with Crippen LogP contribution in [0.4, 0.5) is 0 Å². The molecule has 0 spiro atoms. The molecule has 1 aliphatic rings. The summed E-state index contributed by atoms with van der Waals surface area (Å²) in [6.45, 7) is 0. The van der Waals surface area contributed by atoms with Gasteiger partial charge in [0.05, 0.1) is 0 Å². The summed E-state index contributed by atoms with van der Waals surface area (Å²) in [5, 5.41) is 0. The van der Waals surface area contributed by atoms with Crippen LogP contribution in [-0.4, -0.2) is 48.3 Å². The molecule has 6 heavy (non-hydrogen) atoms. The number of hydrogen-bond donors (Lipinski definition) is 0. The quantitative estimate of drug-likeness (QED) is 0.441. The van der Waals surface area contributed by atoms with E-state index in [1.165, 1.54) is 0 Å². The molecule has 0 N–H and O–H groups in total. The molecule has 1 heterocycles. The molecular weight excluding hydrogens is 266 g/mol. The van der Waals surface area contributed by atoms with Crippen molar-refractivity contribution in [3.05, 3.63) is 0 Å². The van der Waals surface area contributed by atoms with Crippen LogP contribution in [0.1, 0.15) is 0 Å². The van der Waals surface area contributed by atoms with Crippen molar-refractivity contribution in [3.63, 3.8) is 0 Å². The minimum absolute atomic E-state index is 0.797. The Bertz CT molecular complexity index is 21.5. The molecule has 3 nitrogen and oxygen atoms in total. The van der Waals surface area contributed by atoms with E-state index in [0.717, 1.165) is 0 Å². The van der Waals surface area contributed by atoms with Crippen LogP contribution in [0.3, 0.4) is 0 Å². The van der Waals surface area contributed by atoms with Gasteiger partial charge in [-0.15, -0.1) is 0 Å². The van der Waals surface area contributed by atoms with E-state index in [9.17, 15) is 0 Å². The van der Waals surface area contributed by atoms with Crippen molar-refractivity contribution in [2.75, 3.05) is 0 Å². The van der Waals surface area contributed by atoms with E-state index in [0.29, 0.717) is 0 Å². The van der Waals surface area contributed by atoms with E-state index in [1.807, 2.05) is 0 Å². The van der Waals surface area contributed by atoms with Crippen LogP contribution in [0.15, 0.2) is 0 Å². The van der Waals surface area contributed by atoms with Crippen LogP contribution < -0.4 is 0 Å². The SMILES string of the molecule is [O]1[GeH2][O][GeH2][O][GeH2]1. The fraction of sp³-hybridized carbons (Fsp3) is 0. The van der Waals surface area contributed by atoms with Crippen LogP contribution in [0.5, 0.6) is 0 Å². The molecule has 0 aromatic carbocycles. The molecule has 0 atom stereocenters. The third kappa shape index (κ3) is 1.99. The van der Waals surface area contributed by atoms with Crippen LogP contribution in [-0.2, 0) is 8.37 Å². The molecule has 1 rings (SSSR count). The summed E-state index contributed by atoms with van der Waals surface area (Å²) in [6.07, 6.45) is 0. The maximum absolute atomic E-state index is 5.05. The summed E-state index contributed by atoms with van der Waals surface area (Å²) in [5.41, 5.74) is 0. The Morgan fingerprint density at radius 1 is 0.667 bits per heavy atom. The monoisotopic (exact) mass is 276 g/mol. The summed E-state index contributed by atoms with van der Waals surface area (Å²) in [6, 6.07) is 0. The average molecular weight is 272 g/mol. The zero-order valence-electron chi connectivity index (χ0n) is 3.35. The van der Waals surface area contributed by atoms with Crippen LogP contribution >= 0.6 is 0 Å². The Hall–Kier alpha value is 1.51. The molecule has 0 bridgehead atoms. The fourth-order valence-corrected chi connectivity index (χ4v) is 27.6. The topological polar surface area (TPSA) is 27.7 Å². The normalized spacial score (nSPS) is 36.0. The van der Waals surface area contributed by atoms with Crippen LogP contribution in [0.2, 0.25) is 0 Å². The van der Waals surface area contributed by atoms with Crippen molar-refractivity contribution in [1.29, 1.82) is 0 Å². The second-order valence-corrected chi connectivity index (χ2v) is 18.4. The van der Waals surface area contributed by atoms with Crippen molar-refractivity contribution in [1.82, 2.24) is 0 Å². The average Bonchev–Trinajstić information content (AvgIpc) is 1.72. The van der Waals surface area contributed by atoms with Gasteiger partial charge in [0.15, 0.2) is 0 Å². The molecule has 1 saturated heterocycles. The molecule has 0 amide bonds. The Morgan fingerprint density at radius 3 is 1.17 bits per heavy atom. The zero-order chi connectivity index (χ0) is 4.24. The molecule has 0 aromatic heterocycles. The summed E-state index contributed by atoms with van der Waals surface area (Å²) < 4.78 is 15.1. The van der Waals surface area contributed by atoms with E-state index >= 15 is 0 Å². The first-order chi connectivity index (χ1) is 3.00. The third-order valence-electron chi connectivity index (χ3n) is 0.500. The first kappa shape index (κ1) is 5.64. The Kier molecular flexibility index (Phi) is 3.29. The van der Waals surface area contributed by atoms with Gasteiger partial charge in [-0.25, -0.2) is 0 Å². The maximum atomic E-state index is 5.05. The molecule has 1 fully saturated rings. The van der Waals surface area contributed by atoms with Crippen LogP contribution in [0.25, 0.3) is 0 Å². The first-order valence-electron chi connectivity index (χ1n) is 1.73. The molecule has 0 saturated carbocycles. The molecule has 0 unspecified atom stereocenters. The second kappa shape index (κ2) is 3.50. The van der Waals surface area contributed by atoms with Crippen molar-refractivity contribution < 1.29 is 8.37 Å². The zero-order valence-corrected chi connectivity index (χ0v) is 12.2. The van der Waals surface area contributed by atoms with Gasteiger partial charge < -0.3 is 0 Å². The van der Waals surface area contributed by atoms with Crippen molar-refractivity contribution in [3.8, 4) is 0 Å². The van der Waals surface area contributed by atoms with E-state index < -0.39 is 48.3 Å². The van der Waals surface area contributed by atoms with Gasteiger partial charge in [0.1, 0.15) is 0 Å². The molecule has 6 heteroatoms. The van der Waals surface area contributed by atoms with Gasteiger partial charge in [0.2, 0.25) is 0 Å². The minimum atomic E-state index is -0.797. The third-order valence-corrected chi connectivity index (χ3v) is 13.5. The van der Waals surface area contributed by atoms with Gasteiger partial charge >= 0.3 is 56.7 Å². The van der Waals surface area contributed by atoms with Gasteiger partial charge in [-0.1, -0.05) is 0 Å². The van der Waals surface area contributed by atoms with Gasteiger partial charge in [0, 0.05) is 0 Å². The predicted octanol–water partition coefficient (Wildman–Crippen LogP) is -2.95.